The maximum atomic E-state index is 13.3. The Kier molecular flexibility index (Phi) is 4.84. The van der Waals surface area contributed by atoms with E-state index in [4.69, 9.17) is 14.5 Å². The van der Waals surface area contributed by atoms with Gasteiger partial charge in [0.25, 0.3) is 5.91 Å². The van der Waals surface area contributed by atoms with Crippen molar-refractivity contribution >= 4 is 32.6 Å². The maximum absolute atomic E-state index is 13.3. The minimum absolute atomic E-state index is 0.0210. The molecule has 0 saturated carbocycles. The van der Waals surface area contributed by atoms with Crippen LogP contribution < -0.4 is 9.64 Å². The second kappa shape index (κ2) is 7.28. The normalized spacial score (nSPS) is 16.8. The quantitative estimate of drug-likeness (QED) is 0.674. The molecule has 1 aliphatic rings. The average Bonchev–Trinajstić information content (AvgIpc) is 3.39. The van der Waals surface area contributed by atoms with Crippen LogP contribution in [0.3, 0.4) is 0 Å². The first-order valence-electron chi connectivity index (χ1n) is 8.94. The fourth-order valence-corrected chi connectivity index (χ4v) is 4.23. The number of nitrogens with zero attached hydrogens (tertiary/aromatic N) is 4. The second-order valence-electron chi connectivity index (χ2n) is 6.65. The number of carbonyl (C=O) groups is 1. The number of methoxy groups -OCH3 is 1. The highest BCUT2D eigenvalue weighted by atomic mass is 32.1. The number of hydrogen-bond acceptors (Lipinski definition) is 6. The molecule has 142 valence electrons. The fourth-order valence-electron chi connectivity index (χ4n) is 3.23. The highest BCUT2D eigenvalue weighted by Gasteiger charge is 2.28. The molecule has 0 radical (unpaired) electrons. The Hall–Kier alpha value is -2.45. The van der Waals surface area contributed by atoms with Gasteiger partial charge in [-0.05, 0) is 38.0 Å². The summed E-state index contributed by atoms with van der Waals surface area (Å²) in [6.45, 7) is 3.14. The molecule has 1 aromatic carbocycles. The third-order valence-corrected chi connectivity index (χ3v) is 5.85. The number of aromatic nitrogens is 3. The zero-order chi connectivity index (χ0) is 19.0. The summed E-state index contributed by atoms with van der Waals surface area (Å²) in [4.78, 5) is 19.7. The molecular formula is C19H22N4O3S. The van der Waals surface area contributed by atoms with Crippen LogP contribution in [0, 0.1) is 6.92 Å². The summed E-state index contributed by atoms with van der Waals surface area (Å²) in [6, 6.07) is 7.59. The zero-order valence-electron chi connectivity index (χ0n) is 15.6. The molecule has 4 rings (SSSR count). The number of anilines is 1. The maximum Gasteiger partial charge on any atom is 0.280 e. The topological polar surface area (TPSA) is 69.5 Å². The van der Waals surface area contributed by atoms with Gasteiger partial charge in [-0.15, -0.1) is 0 Å². The first-order valence-corrected chi connectivity index (χ1v) is 9.76. The lowest BCUT2D eigenvalue weighted by Gasteiger charge is -2.22. The van der Waals surface area contributed by atoms with Crippen molar-refractivity contribution in [2.75, 3.05) is 25.2 Å². The molecular weight excluding hydrogens is 364 g/mol. The fraction of sp³-hybridized carbons (Fsp3) is 0.421. The third kappa shape index (κ3) is 3.42. The van der Waals surface area contributed by atoms with Crippen LogP contribution in [0.4, 0.5) is 5.13 Å². The molecule has 2 aromatic heterocycles. The van der Waals surface area contributed by atoms with Crippen LogP contribution in [0.25, 0.3) is 10.2 Å². The van der Waals surface area contributed by atoms with Crippen LogP contribution in [0.15, 0.2) is 24.3 Å². The van der Waals surface area contributed by atoms with E-state index in [1.54, 1.807) is 22.8 Å². The first kappa shape index (κ1) is 17.9. The molecule has 27 heavy (non-hydrogen) atoms. The van der Waals surface area contributed by atoms with Gasteiger partial charge in [-0.25, -0.2) is 4.98 Å². The predicted molar refractivity (Wildman–Crippen MR) is 105 cm³/mol. The highest BCUT2D eigenvalue weighted by molar-refractivity contribution is 7.22. The van der Waals surface area contributed by atoms with Crippen LogP contribution in [-0.2, 0) is 11.8 Å². The van der Waals surface area contributed by atoms with Gasteiger partial charge in [-0.3, -0.25) is 14.4 Å². The Bertz CT molecular complexity index is 955. The van der Waals surface area contributed by atoms with Crippen LogP contribution in [0.1, 0.15) is 29.0 Å². The molecule has 1 aliphatic heterocycles. The SMILES string of the molecule is COc1cccc2sc(N(C[C@@H]3CCCO3)C(=O)c3cc(C)n(C)n3)nc12. The Morgan fingerprint density at radius 1 is 1.48 bits per heavy atom. The van der Waals surface area contributed by atoms with Crippen molar-refractivity contribution in [3.8, 4) is 5.75 Å². The minimum atomic E-state index is -0.160. The predicted octanol–water partition coefficient (Wildman–Crippen LogP) is 3.17. The summed E-state index contributed by atoms with van der Waals surface area (Å²) in [7, 11) is 3.46. The van der Waals surface area contributed by atoms with E-state index in [1.807, 2.05) is 32.2 Å². The Morgan fingerprint density at radius 2 is 2.33 bits per heavy atom. The number of thiazole rings is 1. The second-order valence-corrected chi connectivity index (χ2v) is 7.66. The lowest BCUT2D eigenvalue weighted by atomic mass is 10.2. The zero-order valence-corrected chi connectivity index (χ0v) is 16.5. The highest BCUT2D eigenvalue weighted by Crippen LogP contribution is 2.35. The molecule has 3 heterocycles. The van der Waals surface area contributed by atoms with Crippen molar-refractivity contribution in [3.63, 3.8) is 0 Å². The molecule has 0 N–H and O–H groups in total. The summed E-state index contributed by atoms with van der Waals surface area (Å²) < 4.78 is 13.9. The molecule has 1 fully saturated rings. The Labute approximate surface area is 161 Å². The molecule has 1 atom stereocenters. The van der Waals surface area contributed by atoms with E-state index in [2.05, 4.69) is 5.10 Å². The number of amides is 1. The smallest absolute Gasteiger partial charge is 0.280 e. The van der Waals surface area contributed by atoms with Gasteiger partial charge in [-0.2, -0.15) is 5.10 Å². The lowest BCUT2D eigenvalue weighted by Crippen LogP contribution is -2.37. The summed E-state index contributed by atoms with van der Waals surface area (Å²) >= 11 is 1.48. The number of carbonyl (C=O) groups excluding carboxylic acids is 1. The summed E-state index contributed by atoms with van der Waals surface area (Å²) in [5, 5.41) is 4.99. The average molecular weight is 386 g/mol. The summed E-state index contributed by atoms with van der Waals surface area (Å²) in [6.07, 6.45) is 1.98. The molecule has 0 spiro atoms. The van der Waals surface area contributed by atoms with Gasteiger partial charge in [0.2, 0.25) is 0 Å². The van der Waals surface area contributed by atoms with Crippen molar-refractivity contribution in [1.29, 1.82) is 0 Å². The van der Waals surface area contributed by atoms with Crippen LogP contribution >= 0.6 is 11.3 Å². The van der Waals surface area contributed by atoms with E-state index < -0.39 is 0 Å². The van der Waals surface area contributed by atoms with E-state index in [-0.39, 0.29) is 12.0 Å². The molecule has 1 saturated heterocycles. The van der Waals surface area contributed by atoms with E-state index >= 15 is 0 Å². The Morgan fingerprint density at radius 3 is 3.00 bits per heavy atom. The summed E-state index contributed by atoms with van der Waals surface area (Å²) in [5.41, 5.74) is 2.11. The van der Waals surface area contributed by atoms with Gasteiger partial charge in [0.15, 0.2) is 10.8 Å². The monoisotopic (exact) mass is 386 g/mol. The molecule has 0 unspecified atom stereocenters. The Balaban J connectivity index is 1.74. The first-order chi connectivity index (χ1) is 13.1. The van der Waals surface area contributed by atoms with Gasteiger partial charge in [0.1, 0.15) is 11.3 Å². The third-order valence-electron chi connectivity index (χ3n) is 4.81. The number of aryl methyl sites for hydroxylation is 2. The molecule has 0 bridgehead atoms. The van der Waals surface area contributed by atoms with Crippen LogP contribution in [0.2, 0.25) is 0 Å². The number of ether oxygens (including phenoxy) is 2. The van der Waals surface area contributed by atoms with Crippen molar-refractivity contribution in [2.45, 2.75) is 25.9 Å². The number of para-hydroxylation sites is 1. The van der Waals surface area contributed by atoms with E-state index in [0.717, 1.165) is 35.4 Å². The van der Waals surface area contributed by atoms with E-state index in [1.165, 1.54) is 11.3 Å². The van der Waals surface area contributed by atoms with E-state index in [9.17, 15) is 4.79 Å². The lowest BCUT2D eigenvalue weighted by molar-refractivity contribution is 0.0913. The number of fused-ring (bicyclic) bond motifs is 1. The van der Waals surface area contributed by atoms with Crippen molar-refractivity contribution in [2.24, 2.45) is 7.05 Å². The summed E-state index contributed by atoms with van der Waals surface area (Å²) in [5.74, 6) is 0.542. The number of hydrogen-bond donors (Lipinski definition) is 0. The number of benzene rings is 1. The van der Waals surface area contributed by atoms with Crippen molar-refractivity contribution < 1.29 is 14.3 Å². The van der Waals surface area contributed by atoms with Gasteiger partial charge in [0.05, 0.1) is 24.5 Å². The van der Waals surface area contributed by atoms with Gasteiger partial charge < -0.3 is 9.47 Å². The number of rotatable bonds is 5. The molecule has 0 aliphatic carbocycles. The molecule has 1 amide bonds. The van der Waals surface area contributed by atoms with Crippen molar-refractivity contribution in [3.05, 3.63) is 35.7 Å². The van der Waals surface area contributed by atoms with Gasteiger partial charge in [0, 0.05) is 19.3 Å². The van der Waals surface area contributed by atoms with Crippen molar-refractivity contribution in [1.82, 2.24) is 14.8 Å². The standard InChI is InChI=1S/C19H22N4O3S/c1-12-10-14(21-22(12)2)18(24)23(11-13-6-5-9-26-13)19-20-17-15(25-3)7-4-8-16(17)27-19/h4,7-8,10,13H,5-6,9,11H2,1-3H3/t13-/m0/s1. The van der Waals surface area contributed by atoms with Gasteiger partial charge in [-0.1, -0.05) is 17.4 Å². The molecule has 3 aromatic rings. The minimum Gasteiger partial charge on any atom is -0.494 e. The van der Waals surface area contributed by atoms with Crippen LogP contribution in [-0.4, -0.2) is 47.0 Å². The van der Waals surface area contributed by atoms with E-state index in [0.29, 0.717) is 23.1 Å². The molecule has 7 nitrogen and oxygen atoms in total. The largest absolute Gasteiger partial charge is 0.494 e. The van der Waals surface area contributed by atoms with Crippen LogP contribution in [0.5, 0.6) is 5.75 Å². The molecule has 8 heteroatoms. The van der Waals surface area contributed by atoms with Gasteiger partial charge >= 0.3 is 0 Å².